The Morgan fingerprint density at radius 1 is 1.08 bits per heavy atom. The van der Waals surface area contributed by atoms with Gasteiger partial charge in [-0.2, -0.15) is 5.10 Å². The predicted molar refractivity (Wildman–Crippen MR) is 102 cm³/mol. The van der Waals surface area contributed by atoms with Gasteiger partial charge in [-0.3, -0.25) is 14.9 Å². The standard InChI is InChI=1S/C20H15N5O/c1-11-14(3-2-8-21-11)20(26)23-13-5-7-17-16(9-13)15-6-4-12-10-22-25-18(12)19(15)24-17/h2-10,24H,1H3,(H,22,25)(H,23,26). The summed E-state index contributed by atoms with van der Waals surface area (Å²) in [5.74, 6) is -0.161. The van der Waals surface area contributed by atoms with Gasteiger partial charge < -0.3 is 10.3 Å². The number of carbonyl (C=O) groups excluding carboxylic acids is 1. The Bertz CT molecular complexity index is 1300. The summed E-state index contributed by atoms with van der Waals surface area (Å²) >= 11 is 0. The summed E-state index contributed by atoms with van der Waals surface area (Å²) in [6, 6.07) is 13.5. The average Bonchev–Trinajstić information content (AvgIpc) is 3.25. The molecule has 0 aliphatic carbocycles. The third-order valence-corrected chi connectivity index (χ3v) is 4.70. The number of H-pyrrole nitrogens is 2. The van der Waals surface area contributed by atoms with Crippen LogP contribution in [0.3, 0.4) is 0 Å². The number of benzene rings is 2. The summed E-state index contributed by atoms with van der Waals surface area (Å²) in [5, 5.41) is 13.3. The van der Waals surface area contributed by atoms with Crippen molar-refractivity contribution in [1.82, 2.24) is 20.2 Å². The van der Waals surface area contributed by atoms with Crippen molar-refractivity contribution in [1.29, 1.82) is 0 Å². The summed E-state index contributed by atoms with van der Waals surface area (Å²) in [7, 11) is 0. The van der Waals surface area contributed by atoms with E-state index in [-0.39, 0.29) is 5.91 Å². The van der Waals surface area contributed by atoms with Crippen LogP contribution in [-0.2, 0) is 0 Å². The average molecular weight is 341 g/mol. The molecule has 0 bridgehead atoms. The zero-order chi connectivity index (χ0) is 17.7. The zero-order valence-electron chi connectivity index (χ0n) is 14.0. The van der Waals surface area contributed by atoms with Crippen molar-refractivity contribution in [3.63, 3.8) is 0 Å². The minimum Gasteiger partial charge on any atom is -0.353 e. The van der Waals surface area contributed by atoms with E-state index in [2.05, 4.69) is 31.5 Å². The predicted octanol–water partition coefficient (Wildman–Crippen LogP) is 4.15. The smallest absolute Gasteiger partial charge is 0.257 e. The molecule has 0 fully saturated rings. The molecule has 0 radical (unpaired) electrons. The second kappa shape index (κ2) is 5.42. The Labute approximate surface area is 148 Å². The maximum Gasteiger partial charge on any atom is 0.257 e. The van der Waals surface area contributed by atoms with E-state index in [9.17, 15) is 4.79 Å². The van der Waals surface area contributed by atoms with Crippen LogP contribution < -0.4 is 5.32 Å². The fourth-order valence-corrected chi connectivity index (χ4v) is 3.38. The van der Waals surface area contributed by atoms with Gasteiger partial charge in [-0.25, -0.2) is 0 Å². The van der Waals surface area contributed by atoms with Gasteiger partial charge >= 0.3 is 0 Å². The molecule has 5 aromatic rings. The number of amides is 1. The molecule has 3 N–H and O–H groups in total. The topological polar surface area (TPSA) is 86.5 Å². The Hall–Kier alpha value is -3.67. The molecule has 0 saturated carbocycles. The minimum absolute atomic E-state index is 0.161. The molecular formula is C20H15N5O. The van der Waals surface area contributed by atoms with Crippen molar-refractivity contribution in [2.24, 2.45) is 0 Å². The Kier molecular flexibility index (Phi) is 3.05. The molecule has 3 heterocycles. The van der Waals surface area contributed by atoms with Gasteiger partial charge in [-0.1, -0.05) is 12.1 Å². The van der Waals surface area contributed by atoms with E-state index in [1.807, 2.05) is 37.4 Å². The Morgan fingerprint density at radius 3 is 2.88 bits per heavy atom. The van der Waals surface area contributed by atoms with E-state index >= 15 is 0 Å². The van der Waals surface area contributed by atoms with E-state index in [0.717, 1.165) is 38.4 Å². The fourth-order valence-electron chi connectivity index (χ4n) is 3.38. The highest BCUT2D eigenvalue weighted by Gasteiger charge is 2.12. The number of nitrogens with one attached hydrogen (secondary N) is 3. The molecule has 0 aliphatic rings. The van der Waals surface area contributed by atoms with Crippen molar-refractivity contribution in [2.75, 3.05) is 5.32 Å². The molecule has 0 unspecified atom stereocenters. The highest BCUT2D eigenvalue weighted by atomic mass is 16.1. The molecule has 1 amide bonds. The number of nitrogens with zero attached hydrogens (tertiary/aromatic N) is 2. The van der Waals surface area contributed by atoms with Crippen molar-refractivity contribution < 1.29 is 4.79 Å². The summed E-state index contributed by atoms with van der Waals surface area (Å²) in [6.45, 7) is 1.83. The summed E-state index contributed by atoms with van der Waals surface area (Å²) in [5.41, 5.74) is 5.04. The number of fused-ring (bicyclic) bond motifs is 5. The van der Waals surface area contributed by atoms with Gasteiger partial charge in [0, 0.05) is 39.3 Å². The van der Waals surface area contributed by atoms with Crippen LogP contribution in [0.4, 0.5) is 5.69 Å². The summed E-state index contributed by atoms with van der Waals surface area (Å²) in [6.07, 6.45) is 3.49. The molecule has 5 rings (SSSR count). The summed E-state index contributed by atoms with van der Waals surface area (Å²) < 4.78 is 0. The van der Waals surface area contributed by atoms with Gasteiger partial charge in [0.05, 0.1) is 22.8 Å². The van der Waals surface area contributed by atoms with E-state index in [4.69, 9.17) is 0 Å². The maximum absolute atomic E-state index is 12.5. The molecule has 126 valence electrons. The molecule has 0 spiro atoms. The van der Waals surface area contributed by atoms with Crippen LogP contribution in [0.15, 0.2) is 54.9 Å². The third-order valence-electron chi connectivity index (χ3n) is 4.70. The van der Waals surface area contributed by atoms with Gasteiger partial charge in [0.1, 0.15) is 0 Å². The number of aryl methyl sites for hydroxylation is 1. The van der Waals surface area contributed by atoms with Crippen LogP contribution >= 0.6 is 0 Å². The molecule has 0 saturated heterocycles. The molecule has 26 heavy (non-hydrogen) atoms. The van der Waals surface area contributed by atoms with E-state index in [0.29, 0.717) is 11.3 Å². The monoisotopic (exact) mass is 341 g/mol. The van der Waals surface area contributed by atoms with Crippen LogP contribution in [0.2, 0.25) is 0 Å². The van der Waals surface area contributed by atoms with E-state index in [1.54, 1.807) is 18.3 Å². The van der Waals surface area contributed by atoms with Crippen LogP contribution in [0, 0.1) is 6.92 Å². The van der Waals surface area contributed by atoms with Crippen LogP contribution in [0.25, 0.3) is 32.7 Å². The van der Waals surface area contributed by atoms with Gasteiger partial charge in [-0.05, 0) is 37.3 Å². The third kappa shape index (κ3) is 2.16. The number of aromatic amines is 2. The second-order valence-electron chi connectivity index (χ2n) is 6.30. The van der Waals surface area contributed by atoms with Gasteiger partial charge in [0.15, 0.2) is 0 Å². The number of hydrogen-bond acceptors (Lipinski definition) is 3. The number of anilines is 1. The van der Waals surface area contributed by atoms with Crippen LogP contribution in [0.1, 0.15) is 16.1 Å². The maximum atomic E-state index is 12.5. The number of carbonyl (C=O) groups is 1. The molecule has 6 heteroatoms. The lowest BCUT2D eigenvalue weighted by Crippen LogP contribution is -2.13. The minimum atomic E-state index is -0.161. The molecule has 6 nitrogen and oxygen atoms in total. The number of pyridine rings is 1. The molecule has 3 aromatic heterocycles. The fraction of sp³-hybridized carbons (Fsp3) is 0.0500. The lowest BCUT2D eigenvalue weighted by Gasteiger charge is -2.07. The van der Waals surface area contributed by atoms with Gasteiger partial charge in [0.2, 0.25) is 0 Å². The lowest BCUT2D eigenvalue weighted by atomic mass is 10.1. The summed E-state index contributed by atoms with van der Waals surface area (Å²) in [4.78, 5) is 20.1. The van der Waals surface area contributed by atoms with Gasteiger partial charge in [0.25, 0.3) is 5.91 Å². The first-order valence-electron chi connectivity index (χ1n) is 8.31. The normalized spacial score (nSPS) is 11.4. The lowest BCUT2D eigenvalue weighted by molar-refractivity contribution is 0.102. The molecular weight excluding hydrogens is 326 g/mol. The van der Waals surface area contributed by atoms with Crippen LogP contribution in [0.5, 0.6) is 0 Å². The first-order valence-corrected chi connectivity index (χ1v) is 8.31. The largest absolute Gasteiger partial charge is 0.353 e. The first-order chi connectivity index (χ1) is 12.7. The van der Waals surface area contributed by atoms with Crippen molar-refractivity contribution in [3.8, 4) is 0 Å². The molecule has 0 aliphatic heterocycles. The van der Waals surface area contributed by atoms with Gasteiger partial charge in [-0.15, -0.1) is 0 Å². The van der Waals surface area contributed by atoms with Crippen molar-refractivity contribution >= 4 is 44.3 Å². The highest BCUT2D eigenvalue weighted by molar-refractivity contribution is 6.16. The van der Waals surface area contributed by atoms with E-state index in [1.165, 1.54) is 0 Å². The second-order valence-corrected chi connectivity index (χ2v) is 6.30. The number of rotatable bonds is 2. The molecule has 0 atom stereocenters. The van der Waals surface area contributed by atoms with Crippen molar-refractivity contribution in [2.45, 2.75) is 6.92 Å². The first kappa shape index (κ1) is 14.7. The molecule has 2 aromatic carbocycles. The van der Waals surface area contributed by atoms with Crippen molar-refractivity contribution in [3.05, 3.63) is 66.1 Å². The Balaban J connectivity index is 1.60. The number of hydrogen-bond donors (Lipinski definition) is 3. The SMILES string of the molecule is Cc1ncccc1C(=O)Nc1ccc2[nH]c3c(ccc4cn[nH]c43)c2c1. The van der Waals surface area contributed by atoms with Crippen LogP contribution in [-0.4, -0.2) is 26.1 Å². The van der Waals surface area contributed by atoms with E-state index < -0.39 is 0 Å². The number of aromatic nitrogens is 4. The quantitative estimate of drug-likeness (QED) is 0.451. The highest BCUT2D eigenvalue weighted by Crippen LogP contribution is 2.31. The zero-order valence-corrected chi connectivity index (χ0v) is 14.0. The Morgan fingerprint density at radius 2 is 2.00 bits per heavy atom.